The molecule has 4 aromatic rings. The van der Waals surface area contributed by atoms with Crippen molar-refractivity contribution >= 4 is 22.4 Å². The van der Waals surface area contributed by atoms with E-state index in [1.54, 1.807) is 12.3 Å². The number of rotatable bonds is 7. The van der Waals surface area contributed by atoms with Gasteiger partial charge in [-0.2, -0.15) is 5.10 Å². The van der Waals surface area contributed by atoms with Crippen molar-refractivity contribution in [3.63, 3.8) is 0 Å². The fourth-order valence-corrected chi connectivity index (χ4v) is 5.19. The molecule has 0 aromatic carbocycles. The van der Waals surface area contributed by atoms with Crippen molar-refractivity contribution in [3.05, 3.63) is 53.2 Å². The highest BCUT2D eigenvalue weighted by Gasteiger charge is 2.23. The summed E-state index contributed by atoms with van der Waals surface area (Å²) in [5, 5.41) is 19.5. The summed E-state index contributed by atoms with van der Waals surface area (Å²) in [5.41, 5.74) is 1.61. The van der Waals surface area contributed by atoms with Gasteiger partial charge in [-0.25, -0.2) is 8.78 Å². The Morgan fingerprint density at radius 3 is 2.71 bits per heavy atom. The highest BCUT2D eigenvalue weighted by molar-refractivity contribution is 7.15. The van der Waals surface area contributed by atoms with Crippen LogP contribution in [0.1, 0.15) is 59.2 Å². The van der Waals surface area contributed by atoms with Crippen LogP contribution in [0.15, 0.2) is 36.9 Å². The molecule has 0 radical (unpaired) electrons. The second kappa shape index (κ2) is 11.7. The first-order valence-corrected chi connectivity index (χ1v) is 14.0. The van der Waals surface area contributed by atoms with Crippen molar-refractivity contribution in [1.82, 2.24) is 35.3 Å². The second-order valence-electron chi connectivity index (χ2n) is 9.83. The number of alkyl halides is 2. The molecular formula is C28H26F2N8O2S. The van der Waals surface area contributed by atoms with E-state index in [0.29, 0.717) is 22.2 Å². The zero-order valence-electron chi connectivity index (χ0n) is 22.1. The number of amides is 1. The maximum Gasteiger partial charge on any atom is 0.280 e. The van der Waals surface area contributed by atoms with Crippen molar-refractivity contribution < 1.29 is 18.3 Å². The molecule has 1 aliphatic carbocycles. The molecule has 2 fully saturated rings. The maximum absolute atomic E-state index is 13.7. The normalized spacial score (nSPS) is 15.4. The van der Waals surface area contributed by atoms with Crippen LogP contribution in [0, 0.1) is 17.8 Å². The molecule has 5 heterocycles. The Balaban J connectivity index is 1.37. The zero-order valence-corrected chi connectivity index (χ0v) is 22.9. The van der Waals surface area contributed by atoms with Crippen molar-refractivity contribution in [3.8, 4) is 40.0 Å². The van der Waals surface area contributed by atoms with Gasteiger partial charge in [-0.1, -0.05) is 17.3 Å². The topological polar surface area (TPSA) is 120 Å². The predicted octanol–water partition coefficient (Wildman–Crippen LogP) is 4.74. The van der Waals surface area contributed by atoms with E-state index in [1.165, 1.54) is 25.6 Å². The van der Waals surface area contributed by atoms with Gasteiger partial charge in [0.2, 0.25) is 5.13 Å². The van der Waals surface area contributed by atoms with E-state index in [0.717, 1.165) is 55.7 Å². The molecule has 0 unspecified atom stereocenters. The first kappa shape index (κ1) is 26.9. The van der Waals surface area contributed by atoms with Crippen molar-refractivity contribution in [2.24, 2.45) is 5.92 Å². The summed E-state index contributed by atoms with van der Waals surface area (Å²) < 4.78 is 34.7. The summed E-state index contributed by atoms with van der Waals surface area (Å²) in [4.78, 5) is 21.9. The van der Waals surface area contributed by atoms with Gasteiger partial charge in [0.1, 0.15) is 11.4 Å². The average molecular weight is 577 g/mol. The average Bonchev–Trinajstić information content (AvgIpc) is 3.50. The third kappa shape index (κ3) is 6.08. The van der Waals surface area contributed by atoms with Gasteiger partial charge in [-0.15, -0.1) is 10.2 Å². The number of pyridine rings is 2. The highest BCUT2D eigenvalue weighted by atomic mass is 32.1. The molecule has 0 atom stereocenters. The van der Waals surface area contributed by atoms with Crippen LogP contribution in [0.5, 0.6) is 5.75 Å². The summed E-state index contributed by atoms with van der Waals surface area (Å²) in [6.45, 7) is 1.84. The Labute approximate surface area is 238 Å². The van der Waals surface area contributed by atoms with Gasteiger partial charge >= 0.3 is 0 Å². The Bertz CT molecular complexity index is 1630. The van der Waals surface area contributed by atoms with E-state index in [9.17, 15) is 13.6 Å². The zero-order chi connectivity index (χ0) is 28.3. The lowest BCUT2D eigenvalue weighted by Crippen LogP contribution is -2.29. The third-order valence-electron chi connectivity index (χ3n) is 6.96. The van der Waals surface area contributed by atoms with Crippen LogP contribution < -0.4 is 15.4 Å². The SMILES string of the molecule is COc1cnc(C(F)F)cc1-c1cc(-c2cnn(C3CCNCC3)c2)ncc1C(=O)Nc1nnc(C#CC2CC2)s1. The minimum Gasteiger partial charge on any atom is -0.494 e. The molecule has 0 bridgehead atoms. The number of piperidine rings is 1. The lowest BCUT2D eigenvalue weighted by Gasteiger charge is -2.22. The van der Waals surface area contributed by atoms with E-state index < -0.39 is 18.0 Å². The van der Waals surface area contributed by atoms with Crippen LogP contribution in [0.4, 0.5) is 13.9 Å². The number of hydrogen-bond donors (Lipinski definition) is 2. The molecule has 2 N–H and O–H groups in total. The van der Waals surface area contributed by atoms with E-state index in [1.807, 2.05) is 10.9 Å². The van der Waals surface area contributed by atoms with Crippen LogP contribution >= 0.6 is 11.3 Å². The largest absolute Gasteiger partial charge is 0.494 e. The number of nitrogens with one attached hydrogen (secondary N) is 2. The van der Waals surface area contributed by atoms with E-state index in [4.69, 9.17) is 4.74 Å². The van der Waals surface area contributed by atoms with Gasteiger partial charge in [0.15, 0.2) is 5.01 Å². The van der Waals surface area contributed by atoms with E-state index in [2.05, 4.69) is 47.7 Å². The fraction of sp³-hybridized carbons (Fsp3) is 0.357. The summed E-state index contributed by atoms with van der Waals surface area (Å²) >= 11 is 1.16. The predicted molar refractivity (Wildman–Crippen MR) is 149 cm³/mol. The maximum atomic E-state index is 13.7. The number of ether oxygens (including phenoxy) is 1. The van der Waals surface area contributed by atoms with E-state index in [-0.39, 0.29) is 28.0 Å². The first-order valence-electron chi connectivity index (χ1n) is 13.2. The minimum absolute atomic E-state index is 0.144. The lowest BCUT2D eigenvalue weighted by atomic mass is 9.98. The fourth-order valence-electron chi connectivity index (χ4n) is 4.59. The van der Waals surface area contributed by atoms with Crippen LogP contribution in [-0.2, 0) is 0 Å². The first-order chi connectivity index (χ1) is 20.0. The number of aromatic nitrogens is 6. The molecule has 10 nitrogen and oxygen atoms in total. The molecular weight excluding hydrogens is 550 g/mol. The number of carbonyl (C=O) groups excluding carboxylic acids is 1. The van der Waals surface area contributed by atoms with Crippen molar-refractivity contribution in [2.45, 2.75) is 38.2 Å². The van der Waals surface area contributed by atoms with Gasteiger partial charge in [-0.3, -0.25) is 24.8 Å². The van der Waals surface area contributed by atoms with Crippen molar-refractivity contribution in [1.29, 1.82) is 0 Å². The highest BCUT2D eigenvalue weighted by Crippen LogP contribution is 2.37. The van der Waals surface area contributed by atoms with Gasteiger partial charge < -0.3 is 10.1 Å². The molecule has 41 heavy (non-hydrogen) atoms. The monoisotopic (exact) mass is 576 g/mol. The molecule has 2 aliphatic rings. The molecule has 210 valence electrons. The number of anilines is 1. The van der Waals surface area contributed by atoms with Gasteiger partial charge in [0.05, 0.1) is 36.8 Å². The summed E-state index contributed by atoms with van der Waals surface area (Å²) in [5.74, 6) is 6.22. The molecule has 6 rings (SSSR count). The Kier molecular flexibility index (Phi) is 7.67. The van der Waals surface area contributed by atoms with Gasteiger partial charge in [0.25, 0.3) is 12.3 Å². The smallest absolute Gasteiger partial charge is 0.280 e. The molecule has 1 aliphatic heterocycles. The number of carbonyl (C=O) groups is 1. The molecule has 13 heteroatoms. The number of methoxy groups -OCH3 is 1. The van der Waals surface area contributed by atoms with Crippen LogP contribution in [-0.4, -0.2) is 56.1 Å². The molecule has 1 saturated carbocycles. The third-order valence-corrected chi connectivity index (χ3v) is 7.71. The summed E-state index contributed by atoms with van der Waals surface area (Å²) in [7, 11) is 1.42. The van der Waals surface area contributed by atoms with E-state index >= 15 is 0 Å². The molecule has 1 amide bonds. The molecule has 0 spiro atoms. The number of nitrogens with zero attached hydrogens (tertiary/aromatic N) is 6. The van der Waals surface area contributed by atoms with Crippen LogP contribution in [0.25, 0.3) is 22.4 Å². The summed E-state index contributed by atoms with van der Waals surface area (Å²) in [6.07, 6.45) is 7.57. The minimum atomic E-state index is -2.81. The Morgan fingerprint density at radius 2 is 1.95 bits per heavy atom. The number of hydrogen-bond acceptors (Lipinski definition) is 9. The quantitative estimate of drug-likeness (QED) is 0.303. The Morgan fingerprint density at radius 1 is 1.12 bits per heavy atom. The number of halogens is 2. The van der Waals surface area contributed by atoms with Crippen LogP contribution in [0.3, 0.4) is 0 Å². The Hall–Kier alpha value is -4.28. The second-order valence-corrected chi connectivity index (χ2v) is 10.8. The standard InChI is InChI=1S/C28H26F2N8O2S/c1-40-24-14-33-23(26(29)30)11-20(24)19-10-22(17-12-34-38(15-17)18-6-8-31-9-7-18)32-13-21(19)27(39)35-28-37-36-25(41-28)5-4-16-2-3-16/h10-16,18,26,31H,2-3,6-9H2,1H3,(H,35,37,39). The van der Waals surface area contributed by atoms with Crippen LogP contribution in [0.2, 0.25) is 0 Å². The summed E-state index contributed by atoms with van der Waals surface area (Å²) in [6, 6.07) is 3.18. The lowest BCUT2D eigenvalue weighted by molar-refractivity contribution is 0.102. The van der Waals surface area contributed by atoms with Crippen molar-refractivity contribution in [2.75, 3.05) is 25.5 Å². The molecule has 4 aromatic heterocycles. The molecule has 1 saturated heterocycles. The van der Waals surface area contributed by atoms with Gasteiger partial charge in [0, 0.05) is 35.0 Å². The van der Waals surface area contributed by atoms with Gasteiger partial charge in [-0.05, 0) is 56.8 Å².